The van der Waals surface area contributed by atoms with Crippen molar-refractivity contribution in [1.29, 1.82) is 0 Å². The van der Waals surface area contributed by atoms with E-state index in [0.29, 0.717) is 15.6 Å². The van der Waals surface area contributed by atoms with Crippen molar-refractivity contribution in [3.05, 3.63) is 33.8 Å². The Morgan fingerprint density at radius 2 is 2.00 bits per heavy atom. The quantitative estimate of drug-likeness (QED) is 0.861. The maximum atomic E-state index is 11.8. The fourth-order valence-corrected chi connectivity index (χ4v) is 4.11. The minimum atomic E-state index is -3.45. The molecule has 1 aromatic carbocycles. The first-order chi connectivity index (χ1) is 8.78. The smallest absolute Gasteiger partial charge is 0.321 e. The molecule has 1 fully saturated rings. The van der Waals surface area contributed by atoms with E-state index in [1.54, 1.807) is 18.2 Å². The molecule has 1 aromatic rings. The monoisotopic (exact) mass is 323 g/mol. The van der Waals surface area contributed by atoms with Gasteiger partial charge in [-0.3, -0.25) is 10.1 Å². The van der Waals surface area contributed by atoms with Crippen LogP contribution < -0.4 is 5.32 Å². The fourth-order valence-electron chi connectivity index (χ4n) is 2.02. The summed E-state index contributed by atoms with van der Waals surface area (Å²) in [6, 6.07) is 2.86. The van der Waals surface area contributed by atoms with Gasteiger partial charge in [0.2, 0.25) is 0 Å². The summed E-state index contributed by atoms with van der Waals surface area (Å²) in [5, 5.41) is 12.5. The first kappa shape index (κ1) is 14.6. The predicted molar refractivity (Wildman–Crippen MR) is 72.4 cm³/mol. The van der Waals surface area contributed by atoms with Gasteiger partial charge in [0.1, 0.15) is 6.04 Å². The van der Waals surface area contributed by atoms with E-state index in [1.807, 2.05) is 0 Å². The number of carboxylic acid groups (broad SMARTS) is 1. The zero-order valence-corrected chi connectivity index (χ0v) is 12.0. The van der Waals surface area contributed by atoms with Crippen LogP contribution in [-0.4, -0.2) is 37.0 Å². The molecule has 0 aromatic heterocycles. The minimum absolute atomic E-state index is 0.198. The van der Waals surface area contributed by atoms with Gasteiger partial charge >= 0.3 is 5.97 Å². The molecule has 104 valence electrons. The van der Waals surface area contributed by atoms with E-state index in [2.05, 4.69) is 5.32 Å². The first-order valence-corrected chi connectivity index (χ1v) is 8.00. The number of aliphatic carboxylic acids is 1. The Morgan fingerprint density at radius 3 is 2.63 bits per heavy atom. The molecule has 1 aliphatic rings. The number of hydrogen-bond acceptors (Lipinski definition) is 4. The Balaban J connectivity index is 2.38. The molecule has 0 amide bonds. The molecule has 1 aliphatic heterocycles. The largest absolute Gasteiger partial charge is 0.480 e. The summed E-state index contributed by atoms with van der Waals surface area (Å²) < 4.78 is 23.5. The van der Waals surface area contributed by atoms with E-state index in [0.717, 1.165) is 0 Å². The van der Waals surface area contributed by atoms with Gasteiger partial charge in [-0.1, -0.05) is 23.2 Å². The van der Waals surface area contributed by atoms with Crippen LogP contribution in [-0.2, 0) is 14.6 Å². The van der Waals surface area contributed by atoms with Crippen molar-refractivity contribution in [2.24, 2.45) is 0 Å². The van der Waals surface area contributed by atoms with Gasteiger partial charge in [0, 0.05) is 16.1 Å². The average molecular weight is 324 g/mol. The van der Waals surface area contributed by atoms with Crippen molar-refractivity contribution >= 4 is 39.0 Å². The summed E-state index contributed by atoms with van der Waals surface area (Å²) in [4.78, 5) is 11.0. The molecule has 2 rings (SSSR count). The predicted octanol–water partition coefficient (Wildman–Crippen LogP) is 1.51. The summed E-state index contributed by atoms with van der Waals surface area (Å²) in [6.45, 7) is 0. The summed E-state index contributed by atoms with van der Waals surface area (Å²) in [5.41, 5.74) is 0.490. The van der Waals surface area contributed by atoms with Crippen molar-refractivity contribution in [2.75, 3.05) is 11.5 Å². The number of nitrogens with one attached hydrogen (secondary N) is 1. The standard InChI is InChI=1S/C11H11Cl2NO4S/c12-6-1-2-8(13)7(3-6)9-4-19(17,18)5-10(14-9)11(15)16/h1-3,9-10,14H,4-5H2,(H,15,16). The van der Waals surface area contributed by atoms with E-state index in [1.165, 1.54) is 0 Å². The van der Waals surface area contributed by atoms with Crippen LogP contribution in [0, 0.1) is 0 Å². The molecule has 0 aliphatic carbocycles. The van der Waals surface area contributed by atoms with Crippen molar-refractivity contribution in [1.82, 2.24) is 5.32 Å². The molecular weight excluding hydrogens is 313 g/mol. The van der Waals surface area contributed by atoms with Crippen LogP contribution in [0.25, 0.3) is 0 Å². The lowest BCUT2D eigenvalue weighted by atomic mass is 10.1. The third-order valence-corrected chi connectivity index (χ3v) is 5.14. The molecule has 8 heteroatoms. The molecule has 5 nitrogen and oxygen atoms in total. The number of hydrogen-bond donors (Lipinski definition) is 2. The van der Waals surface area contributed by atoms with Crippen LogP contribution >= 0.6 is 23.2 Å². The van der Waals surface area contributed by atoms with Crippen molar-refractivity contribution in [3.63, 3.8) is 0 Å². The average Bonchev–Trinajstić information content (AvgIpc) is 2.30. The number of carbonyl (C=O) groups is 1. The Labute approximate surface area is 120 Å². The van der Waals surface area contributed by atoms with Crippen molar-refractivity contribution < 1.29 is 18.3 Å². The molecule has 19 heavy (non-hydrogen) atoms. The molecule has 0 saturated carbocycles. The highest BCUT2D eigenvalue weighted by Gasteiger charge is 2.36. The third-order valence-electron chi connectivity index (χ3n) is 2.88. The van der Waals surface area contributed by atoms with E-state index < -0.39 is 33.6 Å². The van der Waals surface area contributed by atoms with Gasteiger partial charge in [-0.25, -0.2) is 8.42 Å². The molecule has 0 bridgehead atoms. The van der Waals surface area contributed by atoms with Gasteiger partial charge in [0.15, 0.2) is 9.84 Å². The summed E-state index contributed by atoms with van der Waals surface area (Å²) in [6.07, 6.45) is 0. The Morgan fingerprint density at radius 1 is 1.32 bits per heavy atom. The van der Waals surface area contributed by atoms with Crippen LogP contribution in [0.4, 0.5) is 0 Å². The maximum Gasteiger partial charge on any atom is 0.321 e. The van der Waals surface area contributed by atoms with Crippen LogP contribution in [0.15, 0.2) is 18.2 Å². The van der Waals surface area contributed by atoms with Gasteiger partial charge in [0.05, 0.1) is 11.5 Å². The van der Waals surface area contributed by atoms with Gasteiger partial charge in [-0.15, -0.1) is 0 Å². The van der Waals surface area contributed by atoms with Crippen LogP contribution in [0.1, 0.15) is 11.6 Å². The number of sulfone groups is 1. The molecule has 2 atom stereocenters. The second-order valence-corrected chi connectivity index (χ2v) is 7.35. The second-order valence-electron chi connectivity index (χ2n) is 4.35. The maximum absolute atomic E-state index is 11.8. The van der Waals surface area contributed by atoms with Crippen LogP contribution in [0.5, 0.6) is 0 Å². The van der Waals surface area contributed by atoms with Crippen molar-refractivity contribution in [2.45, 2.75) is 12.1 Å². The lowest BCUT2D eigenvalue weighted by Crippen LogP contribution is -2.51. The van der Waals surface area contributed by atoms with E-state index in [-0.39, 0.29) is 5.75 Å². The van der Waals surface area contributed by atoms with Crippen LogP contribution in [0.3, 0.4) is 0 Å². The highest BCUT2D eigenvalue weighted by Crippen LogP contribution is 2.29. The lowest BCUT2D eigenvalue weighted by Gasteiger charge is -2.29. The van der Waals surface area contributed by atoms with Gasteiger partial charge in [0.25, 0.3) is 0 Å². The van der Waals surface area contributed by atoms with Crippen LogP contribution in [0.2, 0.25) is 10.0 Å². The Hall–Kier alpha value is -0.820. The fraction of sp³-hybridized carbons (Fsp3) is 0.364. The van der Waals surface area contributed by atoms with E-state index in [9.17, 15) is 13.2 Å². The highest BCUT2D eigenvalue weighted by molar-refractivity contribution is 7.91. The highest BCUT2D eigenvalue weighted by atomic mass is 35.5. The van der Waals surface area contributed by atoms with E-state index >= 15 is 0 Å². The molecule has 1 heterocycles. The molecule has 2 N–H and O–H groups in total. The molecule has 1 saturated heterocycles. The molecular formula is C11H11Cl2NO4S. The third kappa shape index (κ3) is 3.39. The SMILES string of the molecule is O=C(O)C1CS(=O)(=O)CC(c2cc(Cl)ccc2Cl)N1. The zero-order valence-electron chi connectivity index (χ0n) is 9.64. The second kappa shape index (κ2) is 5.28. The van der Waals surface area contributed by atoms with Crippen molar-refractivity contribution in [3.8, 4) is 0 Å². The normalized spacial score (nSPS) is 26.0. The summed E-state index contributed by atoms with van der Waals surface area (Å²) in [7, 11) is -3.45. The number of carboxylic acids is 1. The molecule has 0 radical (unpaired) electrons. The summed E-state index contributed by atoms with van der Waals surface area (Å²) >= 11 is 11.9. The number of rotatable bonds is 2. The summed E-state index contributed by atoms with van der Waals surface area (Å²) in [5.74, 6) is -1.82. The Bertz CT molecular complexity index is 617. The number of benzene rings is 1. The zero-order chi connectivity index (χ0) is 14.2. The minimum Gasteiger partial charge on any atom is -0.480 e. The Kier molecular flexibility index (Phi) is 4.06. The first-order valence-electron chi connectivity index (χ1n) is 5.43. The van der Waals surface area contributed by atoms with Gasteiger partial charge in [-0.2, -0.15) is 0 Å². The number of halogens is 2. The molecule has 0 spiro atoms. The van der Waals surface area contributed by atoms with Gasteiger partial charge < -0.3 is 5.11 Å². The van der Waals surface area contributed by atoms with Gasteiger partial charge in [-0.05, 0) is 23.8 Å². The topological polar surface area (TPSA) is 83.5 Å². The molecule has 2 unspecified atom stereocenters. The van der Waals surface area contributed by atoms with E-state index in [4.69, 9.17) is 28.3 Å². The lowest BCUT2D eigenvalue weighted by molar-refractivity contribution is -0.139.